The minimum Gasteiger partial charge on any atom is -0.497 e. The van der Waals surface area contributed by atoms with Gasteiger partial charge in [0.15, 0.2) is 11.0 Å². The van der Waals surface area contributed by atoms with Crippen LogP contribution in [0.25, 0.3) is 17.1 Å². The van der Waals surface area contributed by atoms with E-state index in [1.165, 1.54) is 11.8 Å². The molecule has 0 saturated heterocycles. The predicted octanol–water partition coefficient (Wildman–Crippen LogP) is 4.82. The number of para-hydroxylation sites is 1. The molecule has 34 heavy (non-hydrogen) atoms. The maximum absolute atomic E-state index is 12.8. The van der Waals surface area contributed by atoms with E-state index in [1.807, 2.05) is 73.0 Å². The number of thioether (sulfide) groups is 1. The number of amides is 1. The molecule has 1 atom stereocenters. The fourth-order valence-electron chi connectivity index (χ4n) is 3.63. The number of ether oxygens (including phenoxy) is 2. The number of benzene rings is 2. The van der Waals surface area contributed by atoms with Gasteiger partial charge in [-0.3, -0.25) is 9.36 Å². The summed E-state index contributed by atoms with van der Waals surface area (Å²) in [5.41, 5.74) is 2.59. The Labute approximate surface area is 202 Å². The Hall–Kier alpha value is -3.72. The highest BCUT2D eigenvalue weighted by molar-refractivity contribution is 7.99. The molecule has 1 N–H and O–H groups in total. The molecule has 0 spiro atoms. The van der Waals surface area contributed by atoms with Crippen LogP contribution in [0.4, 0.5) is 0 Å². The molecule has 2 heterocycles. The molecule has 0 saturated carbocycles. The second kappa shape index (κ2) is 10.5. The third-order valence-corrected chi connectivity index (χ3v) is 6.29. The van der Waals surface area contributed by atoms with Gasteiger partial charge in [0.1, 0.15) is 17.3 Å². The predicted molar refractivity (Wildman–Crippen MR) is 131 cm³/mol. The summed E-state index contributed by atoms with van der Waals surface area (Å²) < 4.78 is 18.2. The molecule has 4 aromatic rings. The number of nitrogens with one attached hydrogen (secondary N) is 1. The van der Waals surface area contributed by atoms with Crippen LogP contribution in [0, 0.1) is 6.92 Å². The first-order valence-electron chi connectivity index (χ1n) is 10.7. The molecule has 0 aliphatic carbocycles. The van der Waals surface area contributed by atoms with Crippen molar-refractivity contribution in [2.24, 2.45) is 0 Å². The average Bonchev–Trinajstić information content (AvgIpc) is 3.48. The highest BCUT2D eigenvalue weighted by Crippen LogP contribution is 2.31. The Balaban J connectivity index is 1.52. The lowest BCUT2D eigenvalue weighted by Gasteiger charge is -2.18. The van der Waals surface area contributed by atoms with Crippen LogP contribution >= 0.6 is 11.8 Å². The Bertz CT molecular complexity index is 1270. The third-order valence-electron chi connectivity index (χ3n) is 5.36. The van der Waals surface area contributed by atoms with Crippen LogP contribution in [-0.2, 0) is 4.79 Å². The summed E-state index contributed by atoms with van der Waals surface area (Å²) >= 11 is 1.32. The van der Waals surface area contributed by atoms with Crippen molar-refractivity contribution in [2.45, 2.75) is 25.0 Å². The second-order valence-corrected chi connectivity index (χ2v) is 8.50. The lowest BCUT2D eigenvalue weighted by Crippen LogP contribution is -2.28. The molecule has 0 radical (unpaired) electrons. The van der Waals surface area contributed by atoms with Crippen molar-refractivity contribution in [2.75, 3.05) is 20.0 Å². The van der Waals surface area contributed by atoms with Gasteiger partial charge in [-0.25, -0.2) is 0 Å². The molecule has 0 bridgehead atoms. The highest BCUT2D eigenvalue weighted by Gasteiger charge is 2.21. The smallest absolute Gasteiger partial charge is 0.230 e. The van der Waals surface area contributed by atoms with E-state index >= 15 is 0 Å². The van der Waals surface area contributed by atoms with Crippen molar-refractivity contribution < 1.29 is 18.7 Å². The van der Waals surface area contributed by atoms with Gasteiger partial charge >= 0.3 is 0 Å². The highest BCUT2D eigenvalue weighted by atomic mass is 32.2. The van der Waals surface area contributed by atoms with Gasteiger partial charge in [0.05, 0.1) is 37.8 Å². The first-order chi connectivity index (χ1) is 16.5. The molecule has 0 aliphatic heterocycles. The Morgan fingerprint density at radius 3 is 2.59 bits per heavy atom. The van der Waals surface area contributed by atoms with E-state index in [1.54, 1.807) is 20.5 Å². The van der Waals surface area contributed by atoms with E-state index in [-0.39, 0.29) is 17.7 Å². The Kier molecular flexibility index (Phi) is 7.22. The number of aromatic nitrogens is 3. The number of rotatable bonds is 9. The standard InChI is InChI=1S/C25H26N4O4S/c1-16(21-14-19(31-3)10-11-22(21)32-4)26-23(30)15-34-25-28-27-24(20-12-13-33-17(20)2)29(25)18-8-6-5-7-9-18/h5-14,16H,15H2,1-4H3,(H,26,30). The van der Waals surface area contributed by atoms with Crippen LogP contribution in [0.2, 0.25) is 0 Å². The van der Waals surface area contributed by atoms with Crippen molar-refractivity contribution in [1.82, 2.24) is 20.1 Å². The first kappa shape index (κ1) is 23.4. The number of hydrogen-bond acceptors (Lipinski definition) is 7. The molecule has 8 nitrogen and oxygen atoms in total. The molecule has 0 fully saturated rings. The van der Waals surface area contributed by atoms with Crippen LogP contribution in [0.3, 0.4) is 0 Å². The number of nitrogens with zero attached hydrogens (tertiary/aromatic N) is 3. The number of hydrogen-bond donors (Lipinski definition) is 1. The lowest BCUT2D eigenvalue weighted by atomic mass is 10.1. The fraction of sp³-hybridized carbons (Fsp3) is 0.240. The van der Waals surface area contributed by atoms with Crippen LogP contribution in [0.15, 0.2) is 70.4 Å². The van der Waals surface area contributed by atoms with Gasteiger partial charge in [0, 0.05) is 11.3 Å². The molecule has 0 aliphatic rings. The molecule has 1 amide bonds. The number of carbonyl (C=O) groups is 1. The molecule has 4 rings (SSSR count). The largest absolute Gasteiger partial charge is 0.497 e. The number of carbonyl (C=O) groups excluding carboxylic acids is 1. The van der Waals surface area contributed by atoms with E-state index in [9.17, 15) is 4.79 Å². The van der Waals surface area contributed by atoms with Gasteiger partial charge in [0.25, 0.3) is 0 Å². The summed E-state index contributed by atoms with van der Waals surface area (Å²) in [5, 5.41) is 12.4. The maximum Gasteiger partial charge on any atom is 0.230 e. The van der Waals surface area contributed by atoms with Crippen LogP contribution in [-0.4, -0.2) is 40.6 Å². The van der Waals surface area contributed by atoms with E-state index in [2.05, 4.69) is 15.5 Å². The van der Waals surface area contributed by atoms with Crippen molar-refractivity contribution in [3.05, 3.63) is 72.2 Å². The van der Waals surface area contributed by atoms with E-state index < -0.39 is 0 Å². The third kappa shape index (κ3) is 4.94. The zero-order valence-corrected chi connectivity index (χ0v) is 20.3. The van der Waals surface area contributed by atoms with E-state index in [0.717, 1.165) is 22.6 Å². The second-order valence-electron chi connectivity index (χ2n) is 7.55. The Morgan fingerprint density at radius 2 is 1.91 bits per heavy atom. The summed E-state index contributed by atoms with van der Waals surface area (Å²) in [4.78, 5) is 12.8. The van der Waals surface area contributed by atoms with Gasteiger partial charge in [0.2, 0.25) is 5.91 Å². The molecule has 9 heteroatoms. The lowest BCUT2D eigenvalue weighted by molar-refractivity contribution is -0.119. The summed E-state index contributed by atoms with van der Waals surface area (Å²) in [6, 6.07) is 16.9. The number of methoxy groups -OCH3 is 2. The summed E-state index contributed by atoms with van der Waals surface area (Å²) in [5.74, 6) is 2.83. The minimum atomic E-state index is -0.269. The molecular formula is C25H26N4O4S. The summed E-state index contributed by atoms with van der Waals surface area (Å²) in [6.45, 7) is 3.79. The molecule has 2 aromatic heterocycles. The normalized spacial score (nSPS) is 11.8. The topological polar surface area (TPSA) is 91.4 Å². The first-order valence-corrected chi connectivity index (χ1v) is 11.7. The van der Waals surface area contributed by atoms with Crippen molar-refractivity contribution in [3.8, 4) is 28.6 Å². The van der Waals surface area contributed by atoms with Crippen LogP contribution in [0.1, 0.15) is 24.3 Å². The van der Waals surface area contributed by atoms with Gasteiger partial charge < -0.3 is 19.2 Å². The molecule has 2 aromatic carbocycles. The Morgan fingerprint density at radius 1 is 1.12 bits per heavy atom. The number of aryl methyl sites for hydroxylation is 1. The summed E-state index contributed by atoms with van der Waals surface area (Å²) in [7, 11) is 3.21. The molecule has 1 unspecified atom stereocenters. The molecular weight excluding hydrogens is 452 g/mol. The van der Waals surface area contributed by atoms with Gasteiger partial charge in [-0.1, -0.05) is 30.0 Å². The monoisotopic (exact) mass is 478 g/mol. The number of furan rings is 1. The van der Waals surface area contributed by atoms with Crippen LogP contribution < -0.4 is 14.8 Å². The van der Waals surface area contributed by atoms with Gasteiger partial charge in [-0.15, -0.1) is 10.2 Å². The quantitative estimate of drug-likeness (QED) is 0.345. The fourth-order valence-corrected chi connectivity index (χ4v) is 4.40. The molecule has 176 valence electrons. The van der Waals surface area contributed by atoms with E-state index in [0.29, 0.717) is 22.5 Å². The van der Waals surface area contributed by atoms with Gasteiger partial charge in [-0.2, -0.15) is 0 Å². The minimum absolute atomic E-state index is 0.133. The van der Waals surface area contributed by atoms with Crippen molar-refractivity contribution in [3.63, 3.8) is 0 Å². The summed E-state index contributed by atoms with van der Waals surface area (Å²) in [6.07, 6.45) is 1.63. The average molecular weight is 479 g/mol. The van der Waals surface area contributed by atoms with E-state index in [4.69, 9.17) is 13.9 Å². The SMILES string of the molecule is COc1ccc(OC)c(C(C)NC(=O)CSc2nnc(-c3ccoc3C)n2-c2ccccc2)c1. The van der Waals surface area contributed by atoms with Gasteiger partial charge in [-0.05, 0) is 50.2 Å². The van der Waals surface area contributed by atoms with Crippen molar-refractivity contribution in [1.29, 1.82) is 0 Å². The van der Waals surface area contributed by atoms with Crippen molar-refractivity contribution >= 4 is 17.7 Å². The zero-order valence-electron chi connectivity index (χ0n) is 19.4. The van der Waals surface area contributed by atoms with Crippen LogP contribution in [0.5, 0.6) is 11.5 Å². The maximum atomic E-state index is 12.8. The zero-order chi connectivity index (χ0) is 24.1.